The molecule has 0 aromatic carbocycles. The van der Waals surface area contributed by atoms with Crippen molar-refractivity contribution in [1.82, 2.24) is 5.32 Å². The maximum absolute atomic E-state index is 10.5. The monoisotopic (exact) mass is 245 g/mol. The fourth-order valence-electron chi connectivity index (χ4n) is 1.76. The summed E-state index contributed by atoms with van der Waals surface area (Å²) in [7, 11) is 0. The van der Waals surface area contributed by atoms with Gasteiger partial charge in [0.15, 0.2) is 0 Å². The van der Waals surface area contributed by atoms with Gasteiger partial charge in [-0.25, -0.2) is 0 Å². The lowest BCUT2D eigenvalue weighted by molar-refractivity contribution is -0.141. The van der Waals surface area contributed by atoms with Crippen LogP contribution >= 0.6 is 0 Å². The number of ether oxygens (including phenoxy) is 1. The van der Waals surface area contributed by atoms with E-state index in [4.69, 9.17) is 14.6 Å². The third-order valence-corrected chi connectivity index (χ3v) is 2.52. The van der Waals surface area contributed by atoms with Gasteiger partial charge in [0.05, 0.1) is 6.61 Å². The molecular formula is C12H23NO4. The number of carbonyl (C=O) groups is 2. The smallest absolute Gasteiger partial charge is 0.302 e. The largest absolute Gasteiger partial charge is 0.481 e. The van der Waals surface area contributed by atoms with Crippen LogP contribution in [0.1, 0.15) is 39.5 Å². The third kappa shape index (κ3) is 12.8. The molecule has 0 aliphatic carbocycles. The van der Waals surface area contributed by atoms with E-state index in [1.807, 2.05) is 0 Å². The van der Waals surface area contributed by atoms with Crippen molar-refractivity contribution in [2.75, 3.05) is 19.7 Å². The lowest BCUT2D eigenvalue weighted by Gasteiger charge is -2.22. The molecule has 1 fully saturated rings. The average Bonchev–Trinajstić information content (AvgIpc) is 2.25. The molecule has 100 valence electrons. The first-order valence-corrected chi connectivity index (χ1v) is 6.06. The van der Waals surface area contributed by atoms with Gasteiger partial charge in [-0.05, 0) is 44.7 Å². The molecule has 0 aromatic rings. The van der Waals surface area contributed by atoms with E-state index in [0.29, 0.717) is 6.61 Å². The molecule has 0 bridgehead atoms. The average molecular weight is 245 g/mol. The minimum Gasteiger partial charge on any atom is -0.481 e. The van der Waals surface area contributed by atoms with Crippen molar-refractivity contribution in [2.45, 2.75) is 39.5 Å². The van der Waals surface area contributed by atoms with E-state index in [2.05, 4.69) is 5.32 Å². The first-order chi connectivity index (χ1) is 8.02. The Bertz CT molecular complexity index is 221. The first kappa shape index (κ1) is 15.9. The van der Waals surface area contributed by atoms with E-state index in [-0.39, 0.29) is 5.97 Å². The quantitative estimate of drug-likeness (QED) is 0.578. The van der Waals surface area contributed by atoms with Crippen LogP contribution in [0.3, 0.4) is 0 Å². The van der Waals surface area contributed by atoms with E-state index in [9.17, 15) is 4.79 Å². The summed E-state index contributed by atoms with van der Waals surface area (Å²) in [6.45, 7) is 5.44. The zero-order chi connectivity index (χ0) is 13.1. The van der Waals surface area contributed by atoms with Gasteiger partial charge in [0.2, 0.25) is 0 Å². The Balaban J connectivity index is 0.000000557. The highest BCUT2D eigenvalue weighted by atomic mass is 16.5. The van der Waals surface area contributed by atoms with Crippen molar-refractivity contribution in [1.29, 1.82) is 0 Å². The fraction of sp³-hybridized carbons (Fsp3) is 0.833. The number of hydrogen-bond acceptors (Lipinski definition) is 4. The number of aliphatic carboxylic acids is 1. The topological polar surface area (TPSA) is 75.6 Å². The molecule has 5 heteroatoms. The molecule has 0 unspecified atom stereocenters. The van der Waals surface area contributed by atoms with Gasteiger partial charge in [0.1, 0.15) is 0 Å². The summed E-state index contributed by atoms with van der Waals surface area (Å²) in [6, 6.07) is 0. The Kier molecular flexibility index (Phi) is 9.43. The van der Waals surface area contributed by atoms with Crippen LogP contribution in [-0.2, 0) is 14.3 Å². The number of hydrogen-bond donors (Lipinski definition) is 2. The van der Waals surface area contributed by atoms with Gasteiger partial charge in [0.25, 0.3) is 5.97 Å². The zero-order valence-corrected chi connectivity index (χ0v) is 10.7. The predicted molar refractivity (Wildman–Crippen MR) is 64.8 cm³/mol. The molecule has 17 heavy (non-hydrogen) atoms. The molecule has 0 spiro atoms. The standard InChI is InChI=1S/C10H19NO2.C2H4O2/c1-9(12)13-8-2-3-10-4-6-11-7-5-10;1-2(3)4/h10-11H,2-8H2,1H3;1H3,(H,3,4). The van der Waals surface area contributed by atoms with Crippen molar-refractivity contribution in [2.24, 2.45) is 5.92 Å². The minimum absolute atomic E-state index is 0.162. The van der Waals surface area contributed by atoms with Crippen LogP contribution in [0.25, 0.3) is 0 Å². The van der Waals surface area contributed by atoms with Crippen LogP contribution in [-0.4, -0.2) is 36.7 Å². The highest BCUT2D eigenvalue weighted by molar-refractivity contribution is 5.65. The second kappa shape index (κ2) is 10.1. The number of rotatable bonds is 4. The van der Waals surface area contributed by atoms with Crippen LogP contribution in [0.5, 0.6) is 0 Å². The van der Waals surface area contributed by atoms with Crippen molar-refractivity contribution in [3.05, 3.63) is 0 Å². The second-order valence-corrected chi connectivity index (χ2v) is 4.19. The van der Waals surface area contributed by atoms with Crippen LogP contribution in [0.4, 0.5) is 0 Å². The molecule has 0 aromatic heterocycles. The summed E-state index contributed by atoms with van der Waals surface area (Å²) in [6.07, 6.45) is 4.78. The van der Waals surface area contributed by atoms with Gasteiger partial charge in [-0.1, -0.05) is 0 Å². The Labute approximate surface area is 103 Å². The second-order valence-electron chi connectivity index (χ2n) is 4.19. The Morgan fingerprint density at radius 1 is 1.29 bits per heavy atom. The first-order valence-electron chi connectivity index (χ1n) is 6.06. The van der Waals surface area contributed by atoms with E-state index in [0.717, 1.165) is 32.4 Å². The van der Waals surface area contributed by atoms with Gasteiger partial charge < -0.3 is 15.2 Å². The molecule has 0 radical (unpaired) electrons. The lowest BCUT2D eigenvalue weighted by atomic mass is 9.93. The molecule has 1 rings (SSSR count). The van der Waals surface area contributed by atoms with Gasteiger partial charge in [-0.3, -0.25) is 9.59 Å². The number of piperidine rings is 1. The van der Waals surface area contributed by atoms with Crippen molar-refractivity contribution in [3.63, 3.8) is 0 Å². The summed E-state index contributed by atoms with van der Waals surface area (Å²) < 4.78 is 4.88. The van der Waals surface area contributed by atoms with Crippen molar-refractivity contribution >= 4 is 11.9 Å². The maximum Gasteiger partial charge on any atom is 0.302 e. The van der Waals surface area contributed by atoms with E-state index >= 15 is 0 Å². The number of carboxylic acids is 1. The fourth-order valence-corrected chi connectivity index (χ4v) is 1.76. The predicted octanol–water partition coefficient (Wildman–Crippen LogP) is 1.42. The molecule has 0 saturated carbocycles. The summed E-state index contributed by atoms with van der Waals surface area (Å²) in [5.41, 5.74) is 0. The Morgan fingerprint density at radius 3 is 2.29 bits per heavy atom. The Hall–Kier alpha value is -1.10. The van der Waals surface area contributed by atoms with E-state index in [1.54, 1.807) is 0 Å². The van der Waals surface area contributed by atoms with Crippen LogP contribution < -0.4 is 5.32 Å². The highest BCUT2D eigenvalue weighted by Crippen LogP contribution is 2.17. The molecule has 0 atom stereocenters. The van der Waals surface area contributed by atoms with Gasteiger partial charge >= 0.3 is 5.97 Å². The van der Waals surface area contributed by atoms with E-state index < -0.39 is 5.97 Å². The molecule has 0 amide bonds. The van der Waals surface area contributed by atoms with Crippen LogP contribution in [0.15, 0.2) is 0 Å². The summed E-state index contributed by atoms with van der Waals surface area (Å²) in [4.78, 5) is 19.5. The Morgan fingerprint density at radius 2 is 1.82 bits per heavy atom. The van der Waals surface area contributed by atoms with Crippen LogP contribution in [0, 0.1) is 5.92 Å². The van der Waals surface area contributed by atoms with Crippen LogP contribution in [0.2, 0.25) is 0 Å². The summed E-state index contributed by atoms with van der Waals surface area (Å²) >= 11 is 0. The lowest BCUT2D eigenvalue weighted by Crippen LogP contribution is -2.27. The maximum atomic E-state index is 10.5. The van der Waals surface area contributed by atoms with Gasteiger partial charge in [-0.15, -0.1) is 0 Å². The number of esters is 1. The summed E-state index contributed by atoms with van der Waals surface area (Å²) in [5.74, 6) is -0.151. The molecule has 1 aliphatic rings. The minimum atomic E-state index is -0.833. The molecular weight excluding hydrogens is 222 g/mol. The molecule has 2 N–H and O–H groups in total. The zero-order valence-electron chi connectivity index (χ0n) is 10.7. The molecule has 1 heterocycles. The van der Waals surface area contributed by atoms with Gasteiger partial charge in [-0.2, -0.15) is 0 Å². The third-order valence-electron chi connectivity index (χ3n) is 2.52. The normalized spacial score (nSPS) is 15.6. The summed E-state index contributed by atoms with van der Waals surface area (Å²) in [5, 5.41) is 10.8. The van der Waals surface area contributed by atoms with Gasteiger partial charge in [0, 0.05) is 13.8 Å². The van der Waals surface area contributed by atoms with Crippen molar-refractivity contribution in [3.8, 4) is 0 Å². The molecule has 1 aliphatic heterocycles. The SMILES string of the molecule is CC(=O)O.CC(=O)OCCCC1CCNCC1. The number of carbonyl (C=O) groups excluding carboxylic acids is 1. The highest BCUT2D eigenvalue weighted by Gasteiger charge is 2.12. The number of carboxylic acid groups (broad SMARTS) is 1. The molecule has 5 nitrogen and oxygen atoms in total. The van der Waals surface area contributed by atoms with E-state index in [1.165, 1.54) is 26.2 Å². The molecule has 1 saturated heterocycles. The van der Waals surface area contributed by atoms with Crippen molar-refractivity contribution < 1.29 is 19.4 Å². The number of nitrogens with one attached hydrogen (secondary N) is 1.